The van der Waals surface area contributed by atoms with Crippen LogP contribution in [0.3, 0.4) is 0 Å². The Hall–Kier alpha value is -2.62. The molecule has 1 aliphatic heterocycles. The minimum Gasteiger partial charge on any atom is -0.304 e. The molecule has 0 aliphatic carbocycles. The number of imidazole rings is 2. The maximum absolute atomic E-state index is 7.99. The van der Waals surface area contributed by atoms with Crippen molar-refractivity contribution < 1.29 is 8.68 Å². The van der Waals surface area contributed by atoms with Gasteiger partial charge in [-0.25, -0.2) is 4.57 Å². The van der Waals surface area contributed by atoms with Crippen LogP contribution in [0.15, 0.2) is 49.1 Å². The van der Waals surface area contributed by atoms with Crippen LogP contribution in [-0.4, -0.2) is 14.0 Å². The van der Waals surface area contributed by atoms with E-state index in [9.17, 15) is 0 Å². The summed E-state index contributed by atoms with van der Waals surface area (Å²) in [7, 11) is 0. The Morgan fingerprint density at radius 2 is 2.20 bits per heavy atom. The van der Waals surface area contributed by atoms with E-state index in [-0.39, 0.29) is 0 Å². The van der Waals surface area contributed by atoms with Gasteiger partial charge in [0.2, 0.25) is 5.69 Å². The smallest absolute Gasteiger partial charge is 0.255 e. The fraction of sp³-hybridized carbons (Fsp3) is 0.125. The highest BCUT2D eigenvalue weighted by Gasteiger charge is 2.31. The number of fused-ring (bicyclic) bond motifs is 7. The quantitative estimate of drug-likeness (QED) is 0.394. The molecule has 0 atom stereocenters. The number of hydrogen-bond acceptors (Lipinski definition) is 1. The van der Waals surface area contributed by atoms with Gasteiger partial charge in [-0.2, -0.15) is 4.40 Å². The highest BCUT2D eigenvalue weighted by molar-refractivity contribution is 5.87. The van der Waals surface area contributed by atoms with E-state index >= 15 is 0 Å². The van der Waals surface area contributed by atoms with E-state index in [1.807, 2.05) is 28.9 Å². The zero-order valence-electron chi connectivity index (χ0n) is 13.6. The summed E-state index contributed by atoms with van der Waals surface area (Å²) in [5.41, 5.74) is 5.42. The molecule has 0 saturated carbocycles. The number of aromatic nitrogens is 4. The Balaban J connectivity index is 2.02. The molecule has 0 fully saturated rings. The van der Waals surface area contributed by atoms with Crippen LogP contribution in [0, 0.1) is 0 Å². The topological polar surface area (TPSA) is 26.1 Å². The minimum absolute atomic E-state index is 0.669. The summed E-state index contributed by atoms with van der Waals surface area (Å²) in [6.45, 7) is -1.50. The van der Waals surface area contributed by atoms with Crippen molar-refractivity contribution >= 4 is 16.7 Å². The van der Waals surface area contributed by atoms with E-state index in [0.29, 0.717) is 11.2 Å². The number of nitrogens with zero attached hydrogens (tertiary/aromatic N) is 4. The van der Waals surface area contributed by atoms with Crippen molar-refractivity contribution in [2.75, 3.05) is 0 Å². The number of aryl methyl sites for hydroxylation is 1. The van der Waals surface area contributed by atoms with Crippen molar-refractivity contribution in [1.82, 2.24) is 14.0 Å². The first-order chi connectivity index (χ1) is 11.1. The molecule has 0 spiro atoms. The standard InChI is InChI=1S/C16H13N4/c1-18-13-6-7-17-8-14(13)20-10-19-9-11-4-2-3-5-12(11)15(19)16(18)20/h2-8,10H,9H2,1H3/q+1/i1D3. The van der Waals surface area contributed by atoms with Crippen molar-refractivity contribution in [2.45, 2.75) is 6.54 Å². The first-order valence-electron chi connectivity index (χ1n) is 8.03. The Kier molecular flexibility index (Phi) is 1.29. The van der Waals surface area contributed by atoms with Crippen molar-refractivity contribution in [3.05, 3.63) is 54.6 Å². The van der Waals surface area contributed by atoms with Crippen molar-refractivity contribution in [3.63, 3.8) is 0 Å². The monoisotopic (exact) mass is 264 g/mol. The first-order valence-corrected chi connectivity index (χ1v) is 6.53. The molecule has 5 rings (SSSR count). The zero-order chi connectivity index (χ0) is 15.8. The van der Waals surface area contributed by atoms with Gasteiger partial charge in [0.15, 0.2) is 5.52 Å². The molecule has 4 aromatic rings. The second-order valence-electron chi connectivity index (χ2n) is 5.14. The van der Waals surface area contributed by atoms with Gasteiger partial charge < -0.3 is 4.57 Å². The van der Waals surface area contributed by atoms with E-state index < -0.39 is 6.98 Å². The normalized spacial score (nSPS) is 15.9. The number of rotatable bonds is 0. The highest BCUT2D eigenvalue weighted by Crippen LogP contribution is 2.32. The molecule has 1 aliphatic rings. The van der Waals surface area contributed by atoms with Crippen LogP contribution in [-0.2, 0) is 13.5 Å². The van der Waals surface area contributed by atoms with Gasteiger partial charge in [0.05, 0.1) is 11.7 Å². The minimum atomic E-state index is -2.26. The van der Waals surface area contributed by atoms with Gasteiger partial charge in [-0.3, -0.25) is 4.98 Å². The van der Waals surface area contributed by atoms with Gasteiger partial charge in [-0.05, 0) is 6.07 Å². The summed E-state index contributed by atoms with van der Waals surface area (Å²) in [6, 6.07) is 9.89. The van der Waals surface area contributed by atoms with Gasteiger partial charge in [0, 0.05) is 28.4 Å². The van der Waals surface area contributed by atoms with Gasteiger partial charge in [-0.1, -0.05) is 24.3 Å². The molecular weight excluding hydrogens is 248 g/mol. The third-order valence-electron chi connectivity index (χ3n) is 4.09. The average molecular weight is 264 g/mol. The van der Waals surface area contributed by atoms with Crippen LogP contribution in [0.1, 0.15) is 9.68 Å². The van der Waals surface area contributed by atoms with E-state index in [1.165, 1.54) is 10.1 Å². The molecule has 0 radical (unpaired) electrons. The fourth-order valence-electron chi connectivity index (χ4n) is 3.22. The lowest BCUT2D eigenvalue weighted by molar-refractivity contribution is -0.671. The van der Waals surface area contributed by atoms with E-state index in [0.717, 1.165) is 23.3 Å². The third kappa shape index (κ3) is 1.04. The predicted octanol–water partition coefficient (Wildman–Crippen LogP) is 2.14. The van der Waals surface area contributed by atoms with Crippen molar-refractivity contribution in [3.8, 4) is 11.3 Å². The Morgan fingerprint density at radius 1 is 1.25 bits per heavy atom. The molecular formula is C16H13N4+. The Labute approximate surface area is 119 Å². The molecule has 0 N–H and O–H groups in total. The van der Waals surface area contributed by atoms with Gasteiger partial charge in [-0.15, -0.1) is 0 Å². The van der Waals surface area contributed by atoms with Crippen LogP contribution in [0.25, 0.3) is 27.9 Å². The molecule has 20 heavy (non-hydrogen) atoms. The summed E-state index contributed by atoms with van der Waals surface area (Å²) in [4.78, 5) is 4.16. The zero-order valence-corrected chi connectivity index (χ0v) is 10.6. The first kappa shape index (κ1) is 7.85. The molecule has 4 nitrogen and oxygen atoms in total. The second kappa shape index (κ2) is 3.28. The van der Waals surface area contributed by atoms with Crippen LogP contribution in [0.2, 0.25) is 0 Å². The average Bonchev–Trinajstić information content (AvgIpc) is 3.12. The predicted molar refractivity (Wildman–Crippen MR) is 76.4 cm³/mol. The molecule has 0 saturated heterocycles. The summed E-state index contributed by atoms with van der Waals surface area (Å²) < 4.78 is 29.5. The lowest BCUT2D eigenvalue weighted by atomic mass is 10.1. The number of benzene rings is 1. The molecule has 1 aromatic carbocycles. The molecule has 96 valence electrons. The maximum atomic E-state index is 7.99. The number of pyridine rings is 1. The van der Waals surface area contributed by atoms with Crippen LogP contribution < -0.4 is 4.57 Å². The van der Waals surface area contributed by atoms with Crippen molar-refractivity contribution in [2.24, 2.45) is 6.98 Å². The largest absolute Gasteiger partial charge is 0.304 e. The summed E-state index contributed by atoms with van der Waals surface area (Å²) >= 11 is 0. The molecule has 3 aromatic heterocycles. The van der Waals surface area contributed by atoms with Gasteiger partial charge >= 0.3 is 0 Å². The van der Waals surface area contributed by atoms with E-state index in [4.69, 9.17) is 4.11 Å². The summed E-state index contributed by atoms with van der Waals surface area (Å²) in [5, 5.41) is 0. The Morgan fingerprint density at radius 3 is 3.15 bits per heavy atom. The van der Waals surface area contributed by atoms with Crippen LogP contribution in [0.5, 0.6) is 0 Å². The van der Waals surface area contributed by atoms with Gasteiger partial charge in [0.25, 0.3) is 12.0 Å². The molecule has 4 heteroatoms. The SMILES string of the molecule is [2H]C([2H])([2H])n1c2ccncc2n2c[n+]3c(c12)-c1ccccc1C3. The maximum Gasteiger partial charge on any atom is 0.255 e. The number of hydrogen-bond donors (Lipinski definition) is 0. The van der Waals surface area contributed by atoms with Crippen LogP contribution >= 0.6 is 0 Å². The van der Waals surface area contributed by atoms with Crippen molar-refractivity contribution in [1.29, 1.82) is 0 Å². The summed E-state index contributed by atoms with van der Waals surface area (Å²) in [6.07, 6.45) is 5.31. The molecule has 0 bridgehead atoms. The summed E-state index contributed by atoms with van der Waals surface area (Å²) in [5.74, 6) is 0. The van der Waals surface area contributed by atoms with Gasteiger partial charge in [0.1, 0.15) is 6.54 Å². The van der Waals surface area contributed by atoms with E-state index in [2.05, 4.69) is 15.6 Å². The third-order valence-corrected chi connectivity index (χ3v) is 4.09. The van der Waals surface area contributed by atoms with Crippen LogP contribution in [0.4, 0.5) is 0 Å². The highest BCUT2D eigenvalue weighted by atomic mass is 15.2. The fourth-order valence-corrected chi connectivity index (χ4v) is 3.22. The lowest BCUT2D eigenvalue weighted by Crippen LogP contribution is -2.29. The molecule has 0 amide bonds. The lowest BCUT2D eigenvalue weighted by Gasteiger charge is -1.95. The molecule has 0 unspecified atom stereocenters. The second-order valence-corrected chi connectivity index (χ2v) is 5.14. The Bertz CT molecular complexity index is 1090. The molecule has 4 heterocycles. The van der Waals surface area contributed by atoms with E-state index in [1.54, 1.807) is 18.5 Å².